The highest BCUT2D eigenvalue weighted by Crippen LogP contribution is 2.31. The third kappa shape index (κ3) is 5.89. The van der Waals surface area contributed by atoms with Gasteiger partial charge in [-0.3, -0.25) is 9.10 Å². The molecule has 9 nitrogen and oxygen atoms in total. The normalized spacial score (nSPS) is 11.2. The first kappa shape index (κ1) is 24.2. The maximum Gasteiger partial charge on any atom is 0.264 e. The second-order valence-corrected chi connectivity index (χ2v) is 9.13. The number of rotatable bonds is 11. The summed E-state index contributed by atoms with van der Waals surface area (Å²) in [6.07, 6.45) is 1.99. The molecule has 10 heteroatoms. The van der Waals surface area contributed by atoms with Gasteiger partial charge < -0.3 is 14.6 Å². The van der Waals surface area contributed by atoms with Gasteiger partial charge in [0.2, 0.25) is 11.8 Å². The first-order chi connectivity index (χ1) is 15.9. The highest BCUT2D eigenvalue weighted by molar-refractivity contribution is 7.92. The molecule has 0 unspecified atom stereocenters. The molecule has 1 amide bonds. The third-order valence-corrected chi connectivity index (χ3v) is 6.81. The maximum atomic E-state index is 13.3. The lowest BCUT2D eigenvalue weighted by Gasteiger charge is -2.23. The minimum Gasteiger partial charge on any atom is -0.495 e. The van der Waals surface area contributed by atoms with Crippen molar-refractivity contribution in [3.63, 3.8) is 0 Å². The molecule has 1 heterocycles. The van der Waals surface area contributed by atoms with Gasteiger partial charge in [0.05, 0.1) is 23.4 Å². The van der Waals surface area contributed by atoms with Crippen molar-refractivity contribution in [2.75, 3.05) is 23.3 Å². The molecule has 0 aliphatic heterocycles. The number of hydrogen-bond donors (Lipinski definition) is 1. The van der Waals surface area contributed by atoms with Gasteiger partial charge in [-0.15, -0.1) is 0 Å². The minimum atomic E-state index is -3.85. The Morgan fingerprint density at radius 1 is 1.12 bits per heavy atom. The number of carbonyl (C=O) groups excluding carboxylic acids is 1. The van der Waals surface area contributed by atoms with Crippen LogP contribution in [0.4, 0.5) is 11.4 Å². The highest BCUT2D eigenvalue weighted by atomic mass is 32.2. The number of aromatic nitrogens is 2. The molecule has 2 aromatic carbocycles. The van der Waals surface area contributed by atoms with Gasteiger partial charge in [0.25, 0.3) is 10.0 Å². The Morgan fingerprint density at radius 3 is 2.55 bits per heavy atom. The SMILES string of the molecule is CCCc1noc(CCC(=O)Nc2cc(S(=O)(=O)N(CC)c3ccccc3)ccc2OC)n1. The lowest BCUT2D eigenvalue weighted by Crippen LogP contribution is -2.30. The van der Waals surface area contributed by atoms with Crippen LogP contribution in [0.15, 0.2) is 57.9 Å². The fourth-order valence-electron chi connectivity index (χ4n) is 3.31. The number of methoxy groups -OCH3 is 1. The second kappa shape index (κ2) is 11.0. The summed E-state index contributed by atoms with van der Waals surface area (Å²) in [5, 5.41) is 6.61. The molecule has 0 bridgehead atoms. The van der Waals surface area contributed by atoms with E-state index >= 15 is 0 Å². The van der Waals surface area contributed by atoms with Crippen molar-refractivity contribution in [2.24, 2.45) is 0 Å². The van der Waals surface area contributed by atoms with Crippen molar-refractivity contribution in [2.45, 2.75) is 44.4 Å². The first-order valence-electron chi connectivity index (χ1n) is 10.8. The number of nitrogens with one attached hydrogen (secondary N) is 1. The van der Waals surface area contributed by atoms with Crippen LogP contribution in [0.1, 0.15) is 38.4 Å². The van der Waals surface area contributed by atoms with Gasteiger partial charge in [-0.05, 0) is 43.7 Å². The van der Waals surface area contributed by atoms with E-state index in [1.807, 2.05) is 13.0 Å². The molecular formula is C23H28N4O5S. The van der Waals surface area contributed by atoms with E-state index in [9.17, 15) is 13.2 Å². The van der Waals surface area contributed by atoms with Crippen molar-refractivity contribution < 1.29 is 22.5 Å². The van der Waals surface area contributed by atoms with Gasteiger partial charge in [-0.2, -0.15) is 4.98 Å². The Hall–Kier alpha value is -3.40. The van der Waals surface area contributed by atoms with E-state index in [4.69, 9.17) is 9.26 Å². The van der Waals surface area contributed by atoms with E-state index in [-0.39, 0.29) is 35.9 Å². The molecule has 0 aliphatic rings. The van der Waals surface area contributed by atoms with Crippen LogP contribution in [0.5, 0.6) is 5.75 Å². The van der Waals surface area contributed by atoms with Crippen LogP contribution in [-0.2, 0) is 27.7 Å². The van der Waals surface area contributed by atoms with E-state index in [1.165, 1.54) is 29.6 Å². The molecular weight excluding hydrogens is 444 g/mol. The largest absolute Gasteiger partial charge is 0.495 e. The van der Waals surface area contributed by atoms with Gasteiger partial charge >= 0.3 is 0 Å². The van der Waals surface area contributed by atoms with E-state index in [1.54, 1.807) is 31.2 Å². The summed E-state index contributed by atoms with van der Waals surface area (Å²) in [5.41, 5.74) is 0.827. The Bertz CT molecular complexity index is 1180. The highest BCUT2D eigenvalue weighted by Gasteiger charge is 2.25. The zero-order valence-electron chi connectivity index (χ0n) is 18.9. The van der Waals surface area contributed by atoms with Gasteiger partial charge in [-0.1, -0.05) is 30.3 Å². The topological polar surface area (TPSA) is 115 Å². The predicted octanol–water partition coefficient (Wildman–Crippen LogP) is 3.82. The molecule has 1 N–H and O–H groups in total. The quantitative estimate of drug-likeness (QED) is 0.451. The molecule has 0 radical (unpaired) electrons. The smallest absolute Gasteiger partial charge is 0.264 e. The van der Waals surface area contributed by atoms with Crippen molar-refractivity contribution in [3.8, 4) is 5.75 Å². The second-order valence-electron chi connectivity index (χ2n) is 7.27. The molecule has 0 spiro atoms. The van der Waals surface area contributed by atoms with Crippen molar-refractivity contribution in [3.05, 3.63) is 60.2 Å². The molecule has 0 aliphatic carbocycles. The van der Waals surface area contributed by atoms with Crippen LogP contribution in [0, 0.1) is 0 Å². The summed E-state index contributed by atoms with van der Waals surface area (Å²) in [6.45, 7) is 4.04. The molecule has 0 saturated carbocycles. The Balaban J connectivity index is 1.77. The molecule has 0 atom stereocenters. The van der Waals surface area contributed by atoms with Crippen LogP contribution in [0.25, 0.3) is 0 Å². The molecule has 0 fully saturated rings. The van der Waals surface area contributed by atoms with Gasteiger partial charge in [0.15, 0.2) is 5.82 Å². The summed E-state index contributed by atoms with van der Waals surface area (Å²) in [4.78, 5) is 16.8. The molecule has 3 aromatic rings. The zero-order valence-corrected chi connectivity index (χ0v) is 19.8. The fourth-order valence-corrected chi connectivity index (χ4v) is 4.81. The lowest BCUT2D eigenvalue weighted by atomic mass is 10.2. The number of para-hydroxylation sites is 1. The standard InChI is InChI=1S/C23H28N4O5S/c1-4-9-21-25-23(32-26-21)15-14-22(28)24-19-16-18(12-13-20(19)31-3)33(29,30)27(5-2)17-10-7-6-8-11-17/h6-8,10-13,16H,4-5,9,14-15H2,1-3H3,(H,24,28). The maximum absolute atomic E-state index is 13.3. The summed E-state index contributed by atoms with van der Waals surface area (Å²) in [7, 11) is -2.40. The molecule has 1 aromatic heterocycles. The predicted molar refractivity (Wildman–Crippen MR) is 125 cm³/mol. The number of benzene rings is 2. The Morgan fingerprint density at radius 2 is 1.88 bits per heavy atom. The lowest BCUT2D eigenvalue weighted by molar-refractivity contribution is -0.116. The number of carbonyl (C=O) groups is 1. The van der Waals surface area contributed by atoms with E-state index in [2.05, 4.69) is 15.5 Å². The number of nitrogens with zero attached hydrogens (tertiary/aromatic N) is 3. The average Bonchev–Trinajstić information content (AvgIpc) is 3.26. The fraction of sp³-hybridized carbons (Fsp3) is 0.348. The first-order valence-corrected chi connectivity index (χ1v) is 12.2. The molecule has 33 heavy (non-hydrogen) atoms. The Kier molecular flexibility index (Phi) is 8.05. The van der Waals surface area contributed by atoms with Crippen LogP contribution >= 0.6 is 0 Å². The monoisotopic (exact) mass is 472 g/mol. The van der Waals surface area contributed by atoms with Gasteiger partial charge in [-0.25, -0.2) is 8.42 Å². The summed E-state index contributed by atoms with van der Waals surface area (Å²) in [5.74, 6) is 1.03. The van der Waals surface area contributed by atoms with Crippen LogP contribution in [0.3, 0.4) is 0 Å². The van der Waals surface area contributed by atoms with Crippen molar-refractivity contribution >= 4 is 27.3 Å². The molecule has 3 rings (SSSR count). The summed E-state index contributed by atoms with van der Waals surface area (Å²) < 4.78 is 38.4. The number of sulfonamides is 1. The average molecular weight is 473 g/mol. The number of ether oxygens (including phenoxy) is 1. The van der Waals surface area contributed by atoms with Crippen molar-refractivity contribution in [1.29, 1.82) is 0 Å². The van der Waals surface area contributed by atoms with Gasteiger partial charge in [0.1, 0.15) is 5.75 Å². The minimum absolute atomic E-state index is 0.0467. The molecule has 176 valence electrons. The zero-order chi connectivity index (χ0) is 23.8. The van der Waals surface area contributed by atoms with E-state index in [0.717, 1.165) is 6.42 Å². The third-order valence-electron chi connectivity index (χ3n) is 4.91. The Labute approximate surface area is 193 Å². The number of hydrogen-bond acceptors (Lipinski definition) is 7. The summed E-state index contributed by atoms with van der Waals surface area (Å²) in [6, 6.07) is 13.2. The molecule has 0 saturated heterocycles. The van der Waals surface area contributed by atoms with E-state index < -0.39 is 10.0 Å². The van der Waals surface area contributed by atoms with Crippen LogP contribution in [-0.4, -0.2) is 38.1 Å². The van der Waals surface area contributed by atoms with Crippen LogP contribution in [0.2, 0.25) is 0 Å². The van der Waals surface area contributed by atoms with Crippen molar-refractivity contribution in [1.82, 2.24) is 10.1 Å². The number of aryl methyl sites for hydroxylation is 2. The summed E-state index contributed by atoms with van der Waals surface area (Å²) >= 11 is 0. The number of anilines is 2. The number of amides is 1. The van der Waals surface area contributed by atoms with Gasteiger partial charge in [0, 0.05) is 25.8 Å². The van der Waals surface area contributed by atoms with Crippen LogP contribution < -0.4 is 14.4 Å². The van der Waals surface area contributed by atoms with E-state index in [0.29, 0.717) is 29.6 Å².